The van der Waals surface area contributed by atoms with Gasteiger partial charge in [-0.25, -0.2) is 4.79 Å². The minimum Gasteiger partial charge on any atom is -0.508 e. The van der Waals surface area contributed by atoms with E-state index >= 15 is 0 Å². The van der Waals surface area contributed by atoms with Crippen LogP contribution in [0.25, 0.3) is 0 Å². The van der Waals surface area contributed by atoms with E-state index in [1.54, 1.807) is 24.3 Å². The molecule has 0 amide bonds. The maximum absolute atomic E-state index is 12.9. The summed E-state index contributed by atoms with van der Waals surface area (Å²) in [4.78, 5) is 25.2. The first-order chi connectivity index (χ1) is 14.8. The number of fused-ring (bicyclic) bond motifs is 6. The molecule has 6 nitrogen and oxygen atoms in total. The van der Waals surface area contributed by atoms with Gasteiger partial charge in [0.25, 0.3) is 0 Å². The third-order valence-electron chi connectivity index (χ3n) is 5.86. The predicted molar refractivity (Wildman–Crippen MR) is 112 cm³/mol. The number of carbonyl (C=O) groups excluding carboxylic acids is 2. The van der Waals surface area contributed by atoms with Crippen molar-refractivity contribution in [3.05, 3.63) is 82.4 Å². The minimum absolute atomic E-state index is 0.00155. The van der Waals surface area contributed by atoms with E-state index in [0.717, 1.165) is 5.56 Å². The summed E-state index contributed by atoms with van der Waals surface area (Å²) in [5, 5.41) is 20.0. The van der Waals surface area contributed by atoms with Gasteiger partial charge in [0.1, 0.15) is 28.8 Å². The molecule has 5 rings (SSSR count). The smallest absolute Gasteiger partial charge is 0.340 e. The van der Waals surface area contributed by atoms with E-state index in [9.17, 15) is 19.8 Å². The molecule has 1 spiro atoms. The third-order valence-corrected chi connectivity index (χ3v) is 5.86. The van der Waals surface area contributed by atoms with Crippen LogP contribution in [-0.4, -0.2) is 22.0 Å². The zero-order chi connectivity index (χ0) is 21.9. The molecule has 0 aromatic heterocycles. The molecule has 0 atom stereocenters. The van der Waals surface area contributed by atoms with Crippen molar-refractivity contribution in [1.29, 1.82) is 0 Å². The minimum atomic E-state index is -1.31. The van der Waals surface area contributed by atoms with E-state index in [0.29, 0.717) is 33.8 Å². The highest BCUT2D eigenvalue weighted by Gasteiger charge is 2.53. The summed E-state index contributed by atoms with van der Waals surface area (Å²) in [5.41, 5.74) is 1.59. The Morgan fingerprint density at radius 2 is 1.52 bits per heavy atom. The molecule has 2 aliphatic heterocycles. The molecule has 31 heavy (non-hydrogen) atoms. The number of ether oxygens (including phenoxy) is 2. The molecule has 3 aromatic carbocycles. The first-order valence-electron chi connectivity index (χ1n) is 10.0. The van der Waals surface area contributed by atoms with Crippen LogP contribution in [0.15, 0.2) is 54.6 Å². The lowest BCUT2D eigenvalue weighted by molar-refractivity contribution is -0.121. The third kappa shape index (κ3) is 2.79. The van der Waals surface area contributed by atoms with Crippen LogP contribution >= 0.6 is 0 Å². The van der Waals surface area contributed by atoms with Crippen LogP contribution in [0.4, 0.5) is 0 Å². The van der Waals surface area contributed by atoms with Crippen LogP contribution in [-0.2, 0) is 21.6 Å². The SMILES string of the molecule is CC(C)C(=O)Cc1ccc2c(c1)C1(OC2=O)c2ccc(O)cc2Oc2cc(O)ccc21. The average Bonchev–Trinajstić information content (AvgIpc) is 3.00. The number of Topliss-reactive ketones (excluding diaryl/α,β-unsaturated/α-hetero) is 1. The Kier molecular flexibility index (Phi) is 4.09. The highest BCUT2D eigenvalue weighted by Crippen LogP contribution is 2.57. The standard InChI is InChI=1S/C25H20O6/c1-13(2)21(28)10-14-3-6-17-20(9-14)25(31-24(17)29)18-7-4-15(26)11-22(18)30-23-12-16(27)5-8-19(23)25/h3-9,11-13,26-27H,10H2,1-2H3. The Morgan fingerprint density at radius 1 is 0.903 bits per heavy atom. The van der Waals surface area contributed by atoms with Gasteiger partial charge < -0.3 is 19.7 Å². The fourth-order valence-electron chi connectivity index (χ4n) is 4.26. The summed E-state index contributed by atoms with van der Waals surface area (Å²) < 4.78 is 12.0. The number of benzene rings is 3. The van der Waals surface area contributed by atoms with Gasteiger partial charge in [0.2, 0.25) is 0 Å². The van der Waals surface area contributed by atoms with E-state index in [2.05, 4.69) is 0 Å². The molecule has 2 heterocycles. The number of aromatic hydroxyl groups is 2. The van der Waals surface area contributed by atoms with Crippen LogP contribution in [0, 0.1) is 5.92 Å². The maximum atomic E-state index is 12.9. The highest BCUT2D eigenvalue weighted by atomic mass is 16.6. The molecule has 6 heteroatoms. The Bertz CT molecular complexity index is 1210. The van der Waals surface area contributed by atoms with Crippen LogP contribution < -0.4 is 4.74 Å². The van der Waals surface area contributed by atoms with Gasteiger partial charge in [-0.1, -0.05) is 19.9 Å². The van der Waals surface area contributed by atoms with Gasteiger partial charge in [-0.3, -0.25) is 4.79 Å². The van der Waals surface area contributed by atoms with Gasteiger partial charge in [-0.2, -0.15) is 0 Å². The number of ketones is 1. The van der Waals surface area contributed by atoms with E-state index < -0.39 is 11.6 Å². The number of carbonyl (C=O) groups is 2. The zero-order valence-electron chi connectivity index (χ0n) is 17.0. The van der Waals surface area contributed by atoms with Gasteiger partial charge in [0.05, 0.1) is 5.56 Å². The van der Waals surface area contributed by atoms with Gasteiger partial charge in [-0.15, -0.1) is 0 Å². The van der Waals surface area contributed by atoms with Crippen molar-refractivity contribution in [2.24, 2.45) is 5.92 Å². The Labute approximate surface area is 178 Å². The highest BCUT2D eigenvalue weighted by molar-refractivity contribution is 5.97. The van der Waals surface area contributed by atoms with Crippen molar-refractivity contribution < 1.29 is 29.3 Å². The first kappa shape index (κ1) is 19.2. The van der Waals surface area contributed by atoms with Gasteiger partial charge >= 0.3 is 5.97 Å². The molecular weight excluding hydrogens is 396 g/mol. The van der Waals surface area contributed by atoms with Crippen LogP contribution in [0.3, 0.4) is 0 Å². The lowest BCUT2D eigenvalue weighted by Gasteiger charge is -2.36. The summed E-state index contributed by atoms with van der Waals surface area (Å²) in [6.07, 6.45) is 0.247. The number of phenols is 2. The zero-order valence-corrected chi connectivity index (χ0v) is 17.0. The molecule has 3 aromatic rings. The molecule has 156 valence electrons. The number of hydrogen-bond donors (Lipinski definition) is 2. The van der Waals surface area contributed by atoms with E-state index in [1.165, 1.54) is 24.3 Å². The second-order valence-corrected chi connectivity index (χ2v) is 8.21. The molecular formula is C25H20O6. The van der Waals surface area contributed by atoms with E-state index in [1.807, 2.05) is 19.9 Å². The summed E-state index contributed by atoms with van der Waals surface area (Å²) in [6.45, 7) is 3.71. The molecule has 2 N–H and O–H groups in total. The summed E-state index contributed by atoms with van der Waals surface area (Å²) in [7, 11) is 0. The summed E-state index contributed by atoms with van der Waals surface area (Å²) >= 11 is 0. The lowest BCUT2D eigenvalue weighted by Crippen LogP contribution is -2.33. The summed E-state index contributed by atoms with van der Waals surface area (Å²) in [5.74, 6) is 0.149. The molecule has 0 fully saturated rings. The Balaban J connectivity index is 1.78. The van der Waals surface area contributed by atoms with Crippen molar-refractivity contribution in [1.82, 2.24) is 0 Å². The van der Waals surface area contributed by atoms with Crippen molar-refractivity contribution in [3.63, 3.8) is 0 Å². The number of esters is 1. The molecule has 2 aliphatic rings. The monoisotopic (exact) mass is 416 g/mol. The molecule has 0 saturated carbocycles. The molecule has 0 unspecified atom stereocenters. The second-order valence-electron chi connectivity index (χ2n) is 8.21. The second kappa shape index (κ2) is 6.60. The number of hydrogen-bond acceptors (Lipinski definition) is 6. The topological polar surface area (TPSA) is 93.1 Å². The van der Waals surface area contributed by atoms with Crippen molar-refractivity contribution in [2.75, 3.05) is 0 Å². The first-order valence-corrected chi connectivity index (χ1v) is 10.0. The average molecular weight is 416 g/mol. The molecule has 0 aliphatic carbocycles. The Hall–Kier alpha value is -3.80. The fourth-order valence-corrected chi connectivity index (χ4v) is 4.26. The quantitative estimate of drug-likeness (QED) is 0.614. The van der Waals surface area contributed by atoms with Gasteiger partial charge in [-0.05, 0) is 42.0 Å². The van der Waals surface area contributed by atoms with Crippen molar-refractivity contribution >= 4 is 11.8 Å². The van der Waals surface area contributed by atoms with E-state index in [4.69, 9.17) is 9.47 Å². The van der Waals surface area contributed by atoms with Crippen LogP contribution in [0.2, 0.25) is 0 Å². The van der Waals surface area contributed by atoms with Crippen molar-refractivity contribution in [3.8, 4) is 23.0 Å². The van der Waals surface area contributed by atoms with Crippen LogP contribution in [0.5, 0.6) is 23.0 Å². The van der Waals surface area contributed by atoms with Gasteiger partial charge in [0, 0.05) is 41.2 Å². The van der Waals surface area contributed by atoms with Crippen molar-refractivity contribution in [2.45, 2.75) is 25.9 Å². The predicted octanol–water partition coefficient (Wildman–Crippen LogP) is 4.43. The molecule has 0 saturated heterocycles. The fraction of sp³-hybridized carbons (Fsp3) is 0.200. The summed E-state index contributed by atoms with van der Waals surface area (Å²) in [6, 6.07) is 14.5. The normalized spacial score (nSPS) is 15.1. The number of phenolic OH excluding ortho intramolecular Hbond substituents is 2. The Morgan fingerprint density at radius 3 is 2.10 bits per heavy atom. The maximum Gasteiger partial charge on any atom is 0.340 e. The molecule has 0 bridgehead atoms. The van der Waals surface area contributed by atoms with Crippen LogP contribution in [0.1, 0.15) is 46.5 Å². The largest absolute Gasteiger partial charge is 0.508 e. The van der Waals surface area contributed by atoms with Gasteiger partial charge in [0.15, 0.2) is 5.60 Å². The van der Waals surface area contributed by atoms with E-state index in [-0.39, 0.29) is 29.6 Å². The lowest BCUT2D eigenvalue weighted by atomic mass is 9.77. The molecule has 0 radical (unpaired) electrons. The number of rotatable bonds is 3.